The van der Waals surface area contributed by atoms with Gasteiger partial charge in [0.05, 0.1) is 7.11 Å². The number of pyridine rings is 1. The standard InChI is InChI=1S/C15H18N4O/c1-3-8-19-14(16)13(18-15(19)10-4-5-10)11-6-7-12(20-2)17-9-11/h3,6-7,9-10H,1,4-5,8,16H2,2H3. The first kappa shape index (κ1) is 12.7. The normalized spacial score (nSPS) is 14.2. The molecule has 0 spiro atoms. The second-order valence-corrected chi connectivity index (χ2v) is 4.97. The molecule has 0 amide bonds. The third-order valence-electron chi connectivity index (χ3n) is 3.51. The van der Waals surface area contributed by atoms with Gasteiger partial charge in [-0.15, -0.1) is 6.58 Å². The van der Waals surface area contributed by atoms with Crippen molar-refractivity contribution < 1.29 is 4.74 Å². The van der Waals surface area contributed by atoms with Crippen molar-refractivity contribution in [1.29, 1.82) is 0 Å². The highest BCUT2D eigenvalue weighted by atomic mass is 16.5. The zero-order valence-corrected chi connectivity index (χ0v) is 11.5. The molecule has 0 radical (unpaired) electrons. The van der Waals surface area contributed by atoms with Crippen LogP contribution in [0.15, 0.2) is 31.0 Å². The minimum Gasteiger partial charge on any atom is -0.481 e. The number of aromatic nitrogens is 3. The van der Waals surface area contributed by atoms with Gasteiger partial charge in [-0.3, -0.25) is 0 Å². The van der Waals surface area contributed by atoms with E-state index >= 15 is 0 Å². The van der Waals surface area contributed by atoms with E-state index in [1.54, 1.807) is 13.3 Å². The summed E-state index contributed by atoms with van der Waals surface area (Å²) in [6.07, 6.45) is 5.97. The van der Waals surface area contributed by atoms with Gasteiger partial charge in [0, 0.05) is 30.3 Å². The molecule has 0 aromatic carbocycles. The van der Waals surface area contributed by atoms with Crippen LogP contribution in [0.1, 0.15) is 24.6 Å². The topological polar surface area (TPSA) is 66.0 Å². The molecule has 0 bridgehead atoms. The molecular formula is C15H18N4O. The number of hydrogen-bond donors (Lipinski definition) is 1. The molecule has 1 aliphatic rings. The van der Waals surface area contributed by atoms with Crippen molar-refractivity contribution in [3.8, 4) is 17.1 Å². The summed E-state index contributed by atoms with van der Waals surface area (Å²) in [5.41, 5.74) is 7.96. The number of nitrogens with two attached hydrogens (primary N) is 1. The van der Waals surface area contributed by atoms with Crippen LogP contribution in [0.2, 0.25) is 0 Å². The quantitative estimate of drug-likeness (QED) is 0.848. The molecule has 5 heteroatoms. The van der Waals surface area contributed by atoms with Crippen molar-refractivity contribution in [2.24, 2.45) is 0 Å². The molecule has 2 heterocycles. The van der Waals surface area contributed by atoms with Crippen LogP contribution >= 0.6 is 0 Å². The summed E-state index contributed by atoms with van der Waals surface area (Å²) in [5.74, 6) is 2.87. The van der Waals surface area contributed by atoms with Crippen molar-refractivity contribution in [2.75, 3.05) is 12.8 Å². The molecule has 20 heavy (non-hydrogen) atoms. The van der Waals surface area contributed by atoms with E-state index < -0.39 is 0 Å². The van der Waals surface area contributed by atoms with E-state index in [9.17, 15) is 0 Å². The zero-order chi connectivity index (χ0) is 14.1. The number of nitrogens with zero attached hydrogens (tertiary/aromatic N) is 3. The molecule has 2 aromatic heterocycles. The number of rotatable bonds is 5. The first-order chi connectivity index (χ1) is 9.74. The van der Waals surface area contributed by atoms with E-state index in [0.29, 0.717) is 24.2 Å². The highest BCUT2D eigenvalue weighted by Gasteiger charge is 2.30. The highest BCUT2D eigenvalue weighted by Crippen LogP contribution is 2.42. The van der Waals surface area contributed by atoms with Crippen LogP contribution in [0.25, 0.3) is 11.3 Å². The molecule has 0 aliphatic heterocycles. The fourth-order valence-corrected chi connectivity index (χ4v) is 2.31. The lowest BCUT2D eigenvalue weighted by atomic mass is 10.2. The molecule has 0 unspecified atom stereocenters. The molecule has 0 atom stereocenters. The molecular weight excluding hydrogens is 252 g/mol. The van der Waals surface area contributed by atoms with Crippen molar-refractivity contribution in [1.82, 2.24) is 14.5 Å². The van der Waals surface area contributed by atoms with E-state index in [1.165, 1.54) is 12.8 Å². The number of hydrogen-bond acceptors (Lipinski definition) is 4. The Kier molecular flexibility index (Phi) is 3.18. The van der Waals surface area contributed by atoms with E-state index in [2.05, 4.69) is 11.6 Å². The number of nitrogen functional groups attached to an aromatic ring is 1. The number of allylic oxidation sites excluding steroid dienone is 1. The Morgan fingerprint density at radius 1 is 1.50 bits per heavy atom. The average Bonchev–Trinajstić information content (AvgIpc) is 3.27. The molecule has 1 saturated carbocycles. The first-order valence-electron chi connectivity index (χ1n) is 6.71. The molecule has 0 saturated heterocycles. The summed E-state index contributed by atoms with van der Waals surface area (Å²) in [6, 6.07) is 3.75. The van der Waals surface area contributed by atoms with Crippen LogP contribution in [-0.2, 0) is 6.54 Å². The molecule has 3 rings (SSSR count). The molecule has 2 N–H and O–H groups in total. The smallest absolute Gasteiger partial charge is 0.212 e. The summed E-state index contributed by atoms with van der Waals surface area (Å²) in [4.78, 5) is 8.94. The summed E-state index contributed by atoms with van der Waals surface area (Å²) in [6.45, 7) is 4.48. The number of anilines is 1. The van der Waals surface area contributed by atoms with Gasteiger partial charge in [-0.05, 0) is 18.9 Å². The molecule has 5 nitrogen and oxygen atoms in total. The Hall–Kier alpha value is -2.30. The maximum Gasteiger partial charge on any atom is 0.212 e. The number of methoxy groups -OCH3 is 1. The Morgan fingerprint density at radius 2 is 2.30 bits per heavy atom. The fraction of sp³-hybridized carbons (Fsp3) is 0.333. The monoisotopic (exact) mass is 270 g/mol. The highest BCUT2D eigenvalue weighted by molar-refractivity contribution is 5.70. The Balaban J connectivity index is 2.03. The largest absolute Gasteiger partial charge is 0.481 e. The predicted octanol–water partition coefficient (Wildman–Crippen LogP) is 2.60. The van der Waals surface area contributed by atoms with Gasteiger partial charge in [-0.25, -0.2) is 9.97 Å². The lowest BCUT2D eigenvalue weighted by Gasteiger charge is -2.06. The Bertz CT molecular complexity index is 626. The van der Waals surface area contributed by atoms with Crippen LogP contribution < -0.4 is 10.5 Å². The van der Waals surface area contributed by atoms with Crippen LogP contribution in [0.5, 0.6) is 5.88 Å². The van der Waals surface area contributed by atoms with E-state index in [-0.39, 0.29) is 0 Å². The molecule has 2 aromatic rings. The SMILES string of the molecule is C=CCn1c(C2CC2)nc(-c2ccc(OC)nc2)c1N. The van der Waals surface area contributed by atoms with Gasteiger partial charge >= 0.3 is 0 Å². The van der Waals surface area contributed by atoms with Crippen molar-refractivity contribution in [3.63, 3.8) is 0 Å². The minimum atomic E-state index is 0.539. The summed E-state index contributed by atoms with van der Waals surface area (Å²) in [7, 11) is 1.60. The third kappa shape index (κ3) is 2.15. The Labute approximate surface area is 118 Å². The third-order valence-corrected chi connectivity index (χ3v) is 3.51. The van der Waals surface area contributed by atoms with Crippen LogP contribution in [0, 0.1) is 0 Å². The predicted molar refractivity (Wildman–Crippen MR) is 78.6 cm³/mol. The van der Waals surface area contributed by atoms with Crippen molar-refractivity contribution in [2.45, 2.75) is 25.3 Å². The molecule has 1 fully saturated rings. The average molecular weight is 270 g/mol. The van der Waals surface area contributed by atoms with Gasteiger partial charge in [0.2, 0.25) is 5.88 Å². The van der Waals surface area contributed by atoms with Crippen molar-refractivity contribution >= 4 is 5.82 Å². The Morgan fingerprint density at radius 3 is 2.85 bits per heavy atom. The van der Waals surface area contributed by atoms with Crippen LogP contribution in [-0.4, -0.2) is 21.6 Å². The number of ether oxygens (including phenoxy) is 1. The van der Waals surface area contributed by atoms with Gasteiger partial charge in [0.15, 0.2) is 0 Å². The lowest BCUT2D eigenvalue weighted by molar-refractivity contribution is 0.398. The van der Waals surface area contributed by atoms with Crippen LogP contribution in [0.4, 0.5) is 5.82 Å². The number of imidazole rings is 1. The second kappa shape index (κ2) is 5.00. The van der Waals surface area contributed by atoms with Gasteiger partial charge in [-0.2, -0.15) is 0 Å². The van der Waals surface area contributed by atoms with Crippen LogP contribution in [0.3, 0.4) is 0 Å². The van der Waals surface area contributed by atoms with Gasteiger partial charge in [0.25, 0.3) is 0 Å². The van der Waals surface area contributed by atoms with Crippen molar-refractivity contribution in [3.05, 3.63) is 36.8 Å². The minimum absolute atomic E-state index is 0.539. The summed E-state index contributed by atoms with van der Waals surface area (Å²) < 4.78 is 7.12. The lowest BCUT2D eigenvalue weighted by Crippen LogP contribution is -2.05. The maximum absolute atomic E-state index is 6.25. The second-order valence-electron chi connectivity index (χ2n) is 4.97. The van der Waals surface area contributed by atoms with Gasteiger partial charge in [0.1, 0.15) is 17.3 Å². The van der Waals surface area contributed by atoms with E-state index in [4.69, 9.17) is 15.5 Å². The van der Waals surface area contributed by atoms with Gasteiger partial charge < -0.3 is 15.0 Å². The van der Waals surface area contributed by atoms with Gasteiger partial charge in [-0.1, -0.05) is 6.08 Å². The summed E-state index contributed by atoms with van der Waals surface area (Å²) in [5, 5.41) is 0. The van der Waals surface area contributed by atoms with E-state index in [1.807, 2.05) is 22.8 Å². The zero-order valence-electron chi connectivity index (χ0n) is 11.5. The maximum atomic E-state index is 6.25. The summed E-state index contributed by atoms with van der Waals surface area (Å²) >= 11 is 0. The molecule has 104 valence electrons. The van der Waals surface area contributed by atoms with E-state index in [0.717, 1.165) is 17.1 Å². The fourth-order valence-electron chi connectivity index (χ4n) is 2.31. The molecule has 1 aliphatic carbocycles. The first-order valence-corrected chi connectivity index (χ1v) is 6.71.